The fraction of sp³-hybridized carbons (Fsp3) is 0.350. The normalized spacial score (nSPS) is 13.4. The van der Waals surface area contributed by atoms with Crippen molar-refractivity contribution in [2.45, 2.75) is 46.7 Å². The number of nitrogens with one attached hydrogen (secondary N) is 1. The van der Waals surface area contributed by atoms with Crippen molar-refractivity contribution >= 4 is 34.8 Å². The lowest BCUT2D eigenvalue weighted by atomic mass is 10.0. The molecule has 0 saturated heterocycles. The lowest BCUT2D eigenvalue weighted by Gasteiger charge is -2.19. The summed E-state index contributed by atoms with van der Waals surface area (Å²) in [6.45, 7) is 10.0. The zero-order valence-electron chi connectivity index (χ0n) is 15.3. The van der Waals surface area contributed by atoms with Crippen molar-refractivity contribution in [3.63, 3.8) is 0 Å². The molecule has 0 spiro atoms. The van der Waals surface area contributed by atoms with E-state index in [-0.39, 0.29) is 18.0 Å². The lowest BCUT2D eigenvalue weighted by Crippen LogP contribution is -2.91. The summed E-state index contributed by atoms with van der Waals surface area (Å²) in [5.41, 5.74) is 5.21. The largest absolute Gasteiger partial charge is 0.330 e. The quantitative estimate of drug-likeness (QED) is 0.784. The number of quaternary nitrogens is 1. The Morgan fingerprint density at radius 2 is 1.64 bits per heavy atom. The summed E-state index contributed by atoms with van der Waals surface area (Å²) in [4.78, 5) is 12.6. The summed E-state index contributed by atoms with van der Waals surface area (Å²) in [6, 6.07) is 9.40. The van der Waals surface area contributed by atoms with Crippen LogP contribution in [-0.4, -0.2) is 11.9 Å². The second-order valence-electron chi connectivity index (χ2n) is 6.70. The third-order valence-corrected chi connectivity index (χ3v) is 4.93. The molecular formula is C20H25Cl2N2O+. The van der Waals surface area contributed by atoms with Gasteiger partial charge in [-0.05, 0) is 57.9 Å². The molecule has 0 bridgehead atoms. The number of carbonyl (C=O) groups excluding carboxylic acids is 1. The highest BCUT2D eigenvalue weighted by molar-refractivity contribution is 6.35. The SMILES string of the molecule is Cc1cc(C)c(NC(=O)[C@@H](C)[NH2+][C@H](C)c2ccc(Cl)cc2Cl)c(C)c1. The van der Waals surface area contributed by atoms with Crippen molar-refractivity contribution in [1.82, 2.24) is 0 Å². The second-order valence-corrected chi connectivity index (χ2v) is 7.54. The predicted octanol–water partition coefficient (Wildman–Crippen LogP) is 4.57. The zero-order chi connectivity index (χ0) is 18.7. The van der Waals surface area contributed by atoms with Gasteiger partial charge in [-0.25, -0.2) is 0 Å². The average molecular weight is 380 g/mol. The summed E-state index contributed by atoms with van der Waals surface area (Å²) < 4.78 is 0. The van der Waals surface area contributed by atoms with E-state index < -0.39 is 0 Å². The molecular weight excluding hydrogens is 355 g/mol. The standard InChI is InChI=1S/C20H24Cl2N2O/c1-11-8-12(2)19(13(3)9-11)24-20(25)15(5)23-14(4)17-7-6-16(21)10-18(17)22/h6-10,14-15,23H,1-5H3,(H,24,25)/p+1/t14-,15-/m1/s1. The van der Waals surface area contributed by atoms with Crippen LogP contribution in [0.1, 0.15) is 42.1 Å². The van der Waals surface area contributed by atoms with Crippen molar-refractivity contribution in [3.8, 4) is 0 Å². The Labute approximate surface area is 159 Å². The van der Waals surface area contributed by atoms with Gasteiger partial charge in [0.05, 0.1) is 5.02 Å². The number of aryl methyl sites for hydroxylation is 3. The number of hydrogen-bond donors (Lipinski definition) is 2. The van der Waals surface area contributed by atoms with Crippen LogP contribution < -0.4 is 10.6 Å². The number of hydrogen-bond acceptors (Lipinski definition) is 1. The molecule has 5 heteroatoms. The second kappa shape index (κ2) is 8.22. The topological polar surface area (TPSA) is 45.7 Å². The van der Waals surface area contributed by atoms with Gasteiger partial charge in [0.2, 0.25) is 0 Å². The van der Waals surface area contributed by atoms with E-state index in [9.17, 15) is 4.79 Å². The van der Waals surface area contributed by atoms with Crippen molar-refractivity contribution in [2.24, 2.45) is 0 Å². The number of benzene rings is 2. The molecule has 0 radical (unpaired) electrons. The van der Waals surface area contributed by atoms with Gasteiger partial charge in [0.1, 0.15) is 6.04 Å². The minimum Gasteiger partial charge on any atom is -0.330 e. The first-order valence-corrected chi connectivity index (χ1v) is 9.13. The predicted molar refractivity (Wildman–Crippen MR) is 106 cm³/mol. The van der Waals surface area contributed by atoms with Gasteiger partial charge < -0.3 is 10.6 Å². The fourth-order valence-electron chi connectivity index (χ4n) is 3.11. The van der Waals surface area contributed by atoms with Crippen LogP contribution in [0.4, 0.5) is 5.69 Å². The van der Waals surface area contributed by atoms with Gasteiger partial charge in [-0.3, -0.25) is 4.79 Å². The van der Waals surface area contributed by atoms with E-state index in [1.165, 1.54) is 5.56 Å². The first kappa shape index (κ1) is 19.8. The van der Waals surface area contributed by atoms with Gasteiger partial charge in [-0.1, -0.05) is 47.0 Å². The molecule has 2 atom stereocenters. The van der Waals surface area contributed by atoms with Gasteiger partial charge in [0.15, 0.2) is 6.04 Å². The maximum Gasteiger partial charge on any atom is 0.282 e. The Morgan fingerprint density at radius 3 is 2.20 bits per heavy atom. The fourth-order valence-corrected chi connectivity index (χ4v) is 3.69. The van der Waals surface area contributed by atoms with Crippen LogP contribution in [-0.2, 0) is 4.79 Å². The first-order chi connectivity index (χ1) is 11.7. The summed E-state index contributed by atoms with van der Waals surface area (Å²) >= 11 is 12.2. The van der Waals surface area contributed by atoms with Crippen molar-refractivity contribution in [2.75, 3.05) is 5.32 Å². The number of anilines is 1. The van der Waals surface area contributed by atoms with E-state index in [1.54, 1.807) is 6.07 Å². The summed E-state index contributed by atoms with van der Waals surface area (Å²) in [6.07, 6.45) is 0. The third kappa shape index (κ3) is 4.97. The number of carbonyl (C=O) groups is 1. The number of nitrogens with two attached hydrogens (primary N) is 1. The van der Waals surface area contributed by atoms with Gasteiger partial charge in [0, 0.05) is 16.3 Å². The van der Waals surface area contributed by atoms with Crippen LogP contribution in [0.15, 0.2) is 30.3 Å². The van der Waals surface area contributed by atoms with E-state index in [4.69, 9.17) is 23.2 Å². The van der Waals surface area contributed by atoms with Crippen LogP contribution in [0.2, 0.25) is 10.0 Å². The molecule has 2 aromatic carbocycles. The maximum absolute atomic E-state index is 12.6. The molecule has 0 aliphatic carbocycles. The van der Waals surface area contributed by atoms with Crippen molar-refractivity contribution in [3.05, 3.63) is 62.6 Å². The highest BCUT2D eigenvalue weighted by atomic mass is 35.5. The van der Waals surface area contributed by atoms with Crippen molar-refractivity contribution in [1.29, 1.82) is 0 Å². The van der Waals surface area contributed by atoms with Gasteiger partial charge in [-0.15, -0.1) is 0 Å². The smallest absolute Gasteiger partial charge is 0.282 e. The molecule has 3 nitrogen and oxygen atoms in total. The molecule has 0 aromatic heterocycles. The summed E-state index contributed by atoms with van der Waals surface area (Å²) in [7, 11) is 0. The van der Waals surface area contributed by atoms with Crippen LogP contribution in [0.25, 0.3) is 0 Å². The Hall–Kier alpha value is -1.55. The van der Waals surface area contributed by atoms with Gasteiger partial charge in [0.25, 0.3) is 5.91 Å². The van der Waals surface area contributed by atoms with E-state index in [2.05, 4.69) is 24.4 Å². The molecule has 0 aliphatic rings. The Balaban J connectivity index is 2.08. The molecule has 1 amide bonds. The molecule has 25 heavy (non-hydrogen) atoms. The summed E-state index contributed by atoms with van der Waals surface area (Å²) in [5.74, 6) is -0.0213. The Kier molecular flexibility index (Phi) is 6.50. The number of halogens is 2. The minimum atomic E-state index is -0.248. The van der Waals surface area contributed by atoms with Crippen LogP contribution in [0.3, 0.4) is 0 Å². The molecule has 0 saturated carbocycles. The Bertz CT molecular complexity index is 766. The highest BCUT2D eigenvalue weighted by Gasteiger charge is 2.22. The highest BCUT2D eigenvalue weighted by Crippen LogP contribution is 2.25. The molecule has 0 aliphatic heterocycles. The first-order valence-electron chi connectivity index (χ1n) is 8.37. The minimum absolute atomic E-state index is 0.0213. The van der Waals surface area contributed by atoms with E-state index in [0.29, 0.717) is 10.0 Å². The van der Waals surface area contributed by atoms with Crippen molar-refractivity contribution < 1.29 is 10.1 Å². The van der Waals surface area contributed by atoms with E-state index in [0.717, 1.165) is 22.4 Å². The molecule has 2 aromatic rings. The summed E-state index contributed by atoms with van der Waals surface area (Å²) in [5, 5.41) is 6.29. The maximum atomic E-state index is 12.6. The van der Waals surface area contributed by atoms with Gasteiger partial charge >= 0.3 is 0 Å². The molecule has 0 unspecified atom stereocenters. The van der Waals surface area contributed by atoms with E-state index in [1.807, 2.05) is 45.1 Å². The Morgan fingerprint density at radius 1 is 1.04 bits per heavy atom. The number of amides is 1. The van der Waals surface area contributed by atoms with Crippen LogP contribution >= 0.6 is 23.2 Å². The molecule has 3 N–H and O–H groups in total. The van der Waals surface area contributed by atoms with Crippen LogP contribution in [0, 0.1) is 20.8 Å². The van der Waals surface area contributed by atoms with Crippen LogP contribution in [0.5, 0.6) is 0 Å². The monoisotopic (exact) mass is 379 g/mol. The third-order valence-electron chi connectivity index (χ3n) is 4.37. The van der Waals surface area contributed by atoms with E-state index >= 15 is 0 Å². The molecule has 0 heterocycles. The number of rotatable bonds is 5. The lowest BCUT2D eigenvalue weighted by molar-refractivity contribution is -0.709. The molecule has 0 fully saturated rings. The molecule has 134 valence electrons. The zero-order valence-corrected chi connectivity index (χ0v) is 16.8. The average Bonchev–Trinajstić information content (AvgIpc) is 2.50. The van der Waals surface area contributed by atoms with Gasteiger partial charge in [-0.2, -0.15) is 0 Å². The molecule has 2 rings (SSSR count).